The lowest BCUT2D eigenvalue weighted by atomic mass is 10.2. The SMILES string of the molecule is CCNc1nc(Sc2ccc3nnc(-c4ccsc4)n3n2)nc2ccccc12. The molecule has 138 valence electrons. The zero-order valence-corrected chi connectivity index (χ0v) is 16.5. The summed E-state index contributed by atoms with van der Waals surface area (Å²) in [5.41, 5.74) is 2.61. The Morgan fingerprint density at radius 2 is 2.00 bits per heavy atom. The van der Waals surface area contributed by atoms with E-state index in [9.17, 15) is 0 Å². The molecule has 0 aliphatic rings. The molecule has 0 fully saturated rings. The summed E-state index contributed by atoms with van der Waals surface area (Å²) in [6.07, 6.45) is 0. The van der Waals surface area contributed by atoms with Crippen molar-refractivity contribution in [1.29, 1.82) is 0 Å². The van der Waals surface area contributed by atoms with Crippen molar-refractivity contribution in [1.82, 2.24) is 29.8 Å². The summed E-state index contributed by atoms with van der Waals surface area (Å²) in [6.45, 7) is 2.84. The number of anilines is 1. The number of benzene rings is 1. The molecule has 0 atom stereocenters. The Balaban J connectivity index is 1.55. The van der Waals surface area contributed by atoms with Crippen molar-refractivity contribution in [3.63, 3.8) is 0 Å². The van der Waals surface area contributed by atoms with Crippen LogP contribution in [-0.4, -0.2) is 36.3 Å². The minimum atomic E-state index is 0.645. The molecule has 0 aliphatic carbocycles. The van der Waals surface area contributed by atoms with Crippen molar-refractivity contribution in [2.24, 2.45) is 0 Å². The predicted octanol–water partition coefficient (Wildman–Crippen LogP) is 4.38. The second kappa shape index (κ2) is 7.17. The first kappa shape index (κ1) is 17.1. The molecule has 9 heteroatoms. The summed E-state index contributed by atoms with van der Waals surface area (Å²) < 4.78 is 1.76. The molecule has 1 N–H and O–H groups in total. The molecule has 28 heavy (non-hydrogen) atoms. The lowest BCUT2D eigenvalue weighted by molar-refractivity contribution is 0.856. The number of nitrogens with one attached hydrogen (secondary N) is 1. The van der Waals surface area contributed by atoms with E-state index < -0.39 is 0 Å². The maximum atomic E-state index is 4.70. The fourth-order valence-corrected chi connectivity index (χ4v) is 4.26. The van der Waals surface area contributed by atoms with Gasteiger partial charge in [-0.3, -0.25) is 0 Å². The Labute approximate surface area is 168 Å². The first-order valence-corrected chi connectivity index (χ1v) is 10.5. The van der Waals surface area contributed by atoms with Gasteiger partial charge < -0.3 is 5.32 Å². The molecule has 0 saturated carbocycles. The van der Waals surface area contributed by atoms with Crippen molar-refractivity contribution in [2.75, 3.05) is 11.9 Å². The Morgan fingerprint density at radius 1 is 1.07 bits per heavy atom. The number of aromatic nitrogens is 6. The third kappa shape index (κ3) is 3.08. The minimum Gasteiger partial charge on any atom is -0.370 e. The van der Waals surface area contributed by atoms with E-state index in [-0.39, 0.29) is 0 Å². The van der Waals surface area contributed by atoms with Crippen molar-refractivity contribution in [2.45, 2.75) is 17.1 Å². The van der Waals surface area contributed by atoms with Crippen LogP contribution in [0, 0.1) is 0 Å². The van der Waals surface area contributed by atoms with Gasteiger partial charge in [0.15, 0.2) is 16.6 Å². The van der Waals surface area contributed by atoms with E-state index in [4.69, 9.17) is 5.10 Å². The van der Waals surface area contributed by atoms with Gasteiger partial charge in [0, 0.05) is 22.9 Å². The standard InChI is InChI=1S/C19H15N7S2/c1-2-20-17-13-5-3-4-6-14(13)21-19(22-17)28-16-8-7-15-23-24-18(26(15)25-16)12-9-10-27-11-12/h3-11H,2H2,1H3,(H,20,21,22). The normalized spacial score (nSPS) is 11.3. The summed E-state index contributed by atoms with van der Waals surface area (Å²) in [5, 5.41) is 23.0. The van der Waals surface area contributed by atoms with Crippen LogP contribution < -0.4 is 5.32 Å². The molecule has 4 aromatic heterocycles. The molecule has 4 heterocycles. The lowest BCUT2D eigenvalue weighted by Crippen LogP contribution is -2.03. The monoisotopic (exact) mass is 405 g/mol. The van der Waals surface area contributed by atoms with E-state index >= 15 is 0 Å². The van der Waals surface area contributed by atoms with Crippen molar-refractivity contribution >= 4 is 45.5 Å². The first-order valence-electron chi connectivity index (χ1n) is 8.75. The van der Waals surface area contributed by atoms with E-state index in [1.807, 2.05) is 53.2 Å². The number of para-hydroxylation sites is 1. The second-order valence-corrected chi connectivity index (χ2v) is 7.75. The smallest absolute Gasteiger partial charge is 0.196 e. The number of thiophene rings is 1. The molecular formula is C19H15N7S2. The molecular weight excluding hydrogens is 390 g/mol. The average molecular weight is 406 g/mol. The number of hydrogen-bond acceptors (Lipinski definition) is 8. The van der Waals surface area contributed by atoms with Gasteiger partial charge in [0.05, 0.1) is 5.52 Å². The summed E-state index contributed by atoms with van der Waals surface area (Å²) in [6, 6.07) is 13.8. The van der Waals surface area contributed by atoms with Crippen LogP contribution in [0.3, 0.4) is 0 Å². The molecule has 0 aliphatic heterocycles. The maximum Gasteiger partial charge on any atom is 0.196 e. The Hall–Kier alpha value is -3.04. The van der Waals surface area contributed by atoms with Crippen LogP contribution in [0.15, 0.2) is 63.4 Å². The van der Waals surface area contributed by atoms with Crippen molar-refractivity contribution in [3.05, 3.63) is 53.2 Å². The van der Waals surface area contributed by atoms with Gasteiger partial charge in [0.2, 0.25) is 0 Å². The number of rotatable bonds is 5. The first-order chi connectivity index (χ1) is 13.8. The van der Waals surface area contributed by atoms with E-state index in [0.29, 0.717) is 10.8 Å². The molecule has 1 aromatic carbocycles. The maximum absolute atomic E-state index is 4.70. The number of hydrogen-bond donors (Lipinski definition) is 1. The van der Waals surface area contributed by atoms with Gasteiger partial charge in [0.1, 0.15) is 10.8 Å². The summed E-state index contributed by atoms with van der Waals surface area (Å²) in [7, 11) is 0. The Bertz CT molecular complexity index is 1260. The quantitative estimate of drug-likeness (QED) is 0.435. The minimum absolute atomic E-state index is 0.645. The molecule has 5 rings (SSSR count). The molecule has 0 bridgehead atoms. The van der Waals surface area contributed by atoms with Gasteiger partial charge in [-0.05, 0) is 54.4 Å². The van der Waals surface area contributed by atoms with Crippen LogP contribution in [0.4, 0.5) is 5.82 Å². The highest BCUT2D eigenvalue weighted by molar-refractivity contribution is 7.99. The van der Waals surface area contributed by atoms with E-state index in [0.717, 1.165) is 39.7 Å². The van der Waals surface area contributed by atoms with Gasteiger partial charge in [-0.15, -0.1) is 10.2 Å². The molecule has 0 unspecified atom stereocenters. The Kier molecular flexibility index (Phi) is 4.38. The van der Waals surface area contributed by atoms with Gasteiger partial charge in [-0.25, -0.2) is 9.97 Å². The summed E-state index contributed by atoms with van der Waals surface area (Å²) in [4.78, 5) is 9.37. The number of nitrogens with zero attached hydrogens (tertiary/aromatic N) is 6. The Morgan fingerprint density at radius 3 is 2.86 bits per heavy atom. The van der Waals surface area contributed by atoms with Crippen LogP contribution in [0.5, 0.6) is 0 Å². The highest BCUT2D eigenvalue weighted by Gasteiger charge is 2.13. The van der Waals surface area contributed by atoms with Gasteiger partial charge >= 0.3 is 0 Å². The van der Waals surface area contributed by atoms with Gasteiger partial charge in [-0.1, -0.05) is 12.1 Å². The van der Waals surface area contributed by atoms with Gasteiger partial charge in [-0.2, -0.15) is 21.0 Å². The van der Waals surface area contributed by atoms with E-state index in [1.54, 1.807) is 15.9 Å². The molecule has 0 radical (unpaired) electrons. The van der Waals surface area contributed by atoms with E-state index in [2.05, 4.69) is 32.4 Å². The van der Waals surface area contributed by atoms with Crippen LogP contribution in [-0.2, 0) is 0 Å². The van der Waals surface area contributed by atoms with Crippen LogP contribution in [0.1, 0.15) is 6.92 Å². The number of fused-ring (bicyclic) bond motifs is 2. The summed E-state index contributed by atoms with van der Waals surface area (Å²) >= 11 is 3.04. The molecule has 7 nitrogen and oxygen atoms in total. The lowest BCUT2D eigenvalue weighted by Gasteiger charge is -2.09. The predicted molar refractivity (Wildman–Crippen MR) is 112 cm³/mol. The fourth-order valence-electron chi connectivity index (χ4n) is 2.89. The molecule has 0 saturated heterocycles. The fraction of sp³-hybridized carbons (Fsp3) is 0.105. The average Bonchev–Trinajstić information content (AvgIpc) is 3.37. The topological polar surface area (TPSA) is 80.9 Å². The second-order valence-electron chi connectivity index (χ2n) is 5.98. The van der Waals surface area contributed by atoms with Crippen molar-refractivity contribution in [3.8, 4) is 11.4 Å². The highest BCUT2D eigenvalue weighted by Crippen LogP contribution is 2.29. The molecule has 0 spiro atoms. The largest absolute Gasteiger partial charge is 0.370 e. The van der Waals surface area contributed by atoms with Crippen LogP contribution >= 0.6 is 23.1 Å². The van der Waals surface area contributed by atoms with Crippen LogP contribution in [0.2, 0.25) is 0 Å². The molecule has 5 aromatic rings. The van der Waals surface area contributed by atoms with Crippen molar-refractivity contribution < 1.29 is 0 Å². The third-order valence-electron chi connectivity index (χ3n) is 4.14. The third-order valence-corrected chi connectivity index (χ3v) is 5.62. The summed E-state index contributed by atoms with van der Waals surface area (Å²) in [5.74, 6) is 1.56. The molecule has 0 amide bonds. The zero-order valence-electron chi connectivity index (χ0n) is 14.9. The zero-order chi connectivity index (χ0) is 18.9. The van der Waals surface area contributed by atoms with Gasteiger partial charge in [0.25, 0.3) is 0 Å². The highest BCUT2D eigenvalue weighted by atomic mass is 32.2. The van der Waals surface area contributed by atoms with Crippen LogP contribution in [0.25, 0.3) is 27.9 Å². The van der Waals surface area contributed by atoms with E-state index in [1.165, 1.54) is 11.8 Å².